The Labute approximate surface area is 89.9 Å². The van der Waals surface area contributed by atoms with Crippen molar-refractivity contribution in [3.05, 3.63) is 17.7 Å². The highest BCUT2D eigenvalue weighted by molar-refractivity contribution is 5.93. The molecule has 7 heteroatoms. The van der Waals surface area contributed by atoms with Crippen molar-refractivity contribution >= 4 is 17.3 Å². The van der Waals surface area contributed by atoms with Gasteiger partial charge in [-0.25, -0.2) is 4.79 Å². The molecule has 1 rings (SSSR count). The van der Waals surface area contributed by atoms with Gasteiger partial charge in [-0.3, -0.25) is 0 Å². The van der Waals surface area contributed by atoms with Gasteiger partial charge in [-0.1, -0.05) is 0 Å². The minimum absolute atomic E-state index is 0.00940. The first kappa shape index (κ1) is 12.0. The number of nitrogens with two attached hydrogens (primary N) is 2. The average Bonchev–Trinajstić information content (AvgIpc) is 2.22. The highest BCUT2D eigenvalue weighted by Gasteiger charge is 2.15. The van der Waals surface area contributed by atoms with Crippen molar-refractivity contribution < 1.29 is 23.0 Å². The van der Waals surface area contributed by atoms with Crippen molar-refractivity contribution in [1.29, 1.82) is 0 Å². The van der Waals surface area contributed by atoms with Gasteiger partial charge in [0.2, 0.25) is 0 Å². The minimum atomic E-state index is -3.05. The molecule has 88 valence electrons. The van der Waals surface area contributed by atoms with Crippen molar-refractivity contribution in [2.45, 2.75) is 6.61 Å². The Morgan fingerprint density at radius 2 is 2.00 bits per heavy atom. The molecule has 1 aromatic rings. The normalized spacial score (nSPS) is 10.2. The van der Waals surface area contributed by atoms with Crippen LogP contribution in [0.25, 0.3) is 0 Å². The Morgan fingerprint density at radius 3 is 2.50 bits per heavy atom. The van der Waals surface area contributed by atoms with Gasteiger partial charge in [0, 0.05) is 0 Å². The first-order valence-corrected chi connectivity index (χ1v) is 4.17. The maximum absolute atomic E-state index is 12.0. The number of esters is 1. The number of alkyl halides is 2. The van der Waals surface area contributed by atoms with Gasteiger partial charge in [-0.15, -0.1) is 0 Å². The molecule has 0 saturated heterocycles. The maximum atomic E-state index is 12.0. The molecule has 0 fully saturated rings. The topological polar surface area (TPSA) is 87.6 Å². The van der Waals surface area contributed by atoms with Crippen LogP contribution < -0.4 is 16.2 Å². The predicted molar refractivity (Wildman–Crippen MR) is 53.2 cm³/mol. The van der Waals surface area contributed by atoms with Gasteiger partial charge >= 0.3 is 12.6 Å². The van der Waals surface area contributed by atoms with Gasteiger partial charge in [-0.05, 0) is 12.1 Å². The first-order chi connectivity index (χ1) is 7.45. The third-order valence-corrected chi connectivity index (χ3v) is 1.81. The van der Waals surface area contributed by atoms with E-state index in [-0.39, 0.29) is 22.7 Å². The second-order valence-electron chi connectivity index (χ2n) is 2.85. The molecule has 16 heavy (non-hydrogen) atoms. The van der Waals surface area contributed by atoms with Crippen LogP contribution in [0.4, 0.5) is 20.2 Å². The summed E-state index contributed by atoms with van der Waals surface area (Å²) in [4.78, 5) is 11.2. The minimum Gasteiger partial charge on any atom is -0.465 e. The molecule has 0 saturated carbocycles. The molecule has 0 aliphatic heterocycles. The molecule has 0 heterocycles. The van der Waals surface area contributed by atoms with E-state index in [0.29, 0.717) is 0 Å². The molecule has 1 aromatic carbocycles. The van der Waals surface area contributed by atoms with Crippen LogP contribution in [0.3, 0.4) is 0 Å². The van der Waals surface area contributed by atoms with Crippen LogP contribution in [0.15, 0.2) is 12.1 Å². The van der Waals surface area contributed by atoms with Crippen LogP contribution in [-0.2, 0) is 4.74 Å². The van der Waals surface area contributed by atoms with E-state index in [2.05, 4.69) is 9.47 Å². The van der Waals surface area contributed by atoms with Crippen molar-refractivity contribution in [2.75, 3.05) is 18.6 Å². The predicted octanol–water partition coefficient (Wildman–Crippen LogP) is 1.24. The van der Waals surface area contributed by atoms with Crippen LogP contribution in [-0.4, -0.2) is 19.7 Å². The second-order valence-corrected chi connectivity index (χ2v) is 2.85. The quantitative estimate of drug-likeness (QED) is 0.604. The smallest absolute Gasteiger partial charge is 0.387 e. The summed E-state index contributed by atoms with van der Waals surface area (Å²) in [6.45, 7) is -3.05. The Kier molecular flexibility index (Phi) is 3.49. The van der Waals surface area contributed by atoms with Gasteiger partial charge in [0.05, 0.1) is 24.0 Å². The zero-order chi connectivity index (χ0) is 12.3. The molecule has 0 aromatic heterocycles. The number of rotatable bonds is 3. The highest BCUT2D eigenvalue weighted by atomic mass is 19.3. The lowest BCUT2D eigenvalue weighted by molar-refractivity contribution is -0.0493. The fraction of sp³-hybridized carbons (Fsp3) is 0.222. The summed E-state index contributed by atoms with van der Waals surface area (Å²) < 4.78 is 32.6. The molecule has 0 aliphatic carbocycles. The summed E-state index contributed by atoms with van der Waals surface area (Å²) in [5.74, 6) is -1.07. The number of carbonyl (C=O) groups is 1. The van der Waals surface area contributed by atoms with Gasteiger partial charge in [0.1, 0.15) is 0 Å². The van der Waals surface area contributed by atoms with Gasteiger partial charge in [0.15, 0.2) is 5.75 Å². The molecule has 0 aliphatic rings. The zero-order valence-electron chi connectivity index (χ0n) is 8.37. The lowest BCUT2D eigenvalue weighted by atomic mass is 10.1. The zero-order valence-corrected chi connectivity index (χ0v) is 8.37. The number of carbonyl (C=O) groups excluding carboxylic acids is 1. The van der Waals surface area contributed by atoms with Crippen molar-refractivity contribution in [3.63, 3.8) is 0 Å². The van der Waals surface area contributed by atoms with E-state index in [9.17, 15) is 13.6 Å². The number of hydrogen-bond donors (Lipinski definition) is 2. The lowest BCUT2D eigenvalue weighted by Gasteiger charge is -2.11. The third kappa shape index (κ3) is 2.50. The van der Waals surface area contributed by atoms with Crippen LogP contribution in [0.1, 0.15) is 10.4 Å². The van der Waals surface area contributed by atoms with E-state index in [4.69, 9.17) is 11.5 Å². The van der Waals surface area contributed by atoms with E-state index < -0.39 is 12.6 Å². The highest BCUT2D eigenvalue weighted by Crippen LogP contribution is 2.30. The standard InChI is InChI=1S/C9H10F2N2O3/c1-15-8(14)4-2-5(12)7(13)6(3-4)16-9(10)11/h2-3,9H,12-13H2,1H3. The van der Waals surface area contributed by atoms with Crippen molar-refractivity contribution in [2.24, 2.45) is 0 Å². The molecule has 0 spiro atoms. The third-order valence-electron chi connectivity index (χ3n) is 1.81. The largest absolute Gasteiger partial charge is 0.465 e. The van der Waals surface area contributed by atoms with Crippen LogP contribution in [0.2, 0.25) is 0 Å². The number of nitrogen functional groups attached to an aromatic ring is 2. The molecule has 0 atom stereocenters. The number of ether oxygens (including phenoxy) is 2. The molecule has 0 unspecified atom stereocenters. The Bertz CT molecular complexity index is 410. The summed E-state index contributed by atoms with van der Waals surface area (Å²) >= 11 is 0. The van der Waals surface area contributed by atoms with Gasteiger partial charge < -0.3 is 20.9 Å². The van der Waals surface area contributed by atoms with E-state index in [1.165, 1.54) is 6.07 Å². The second kappa shape index (κ2) is 4.65. The average molecular weight is 232 g/mol. The lowest BCUT2D eigenvalue weighted by Crippen LogP contribution is -2.09. The monoisotopic (exact) mass is 232 g/mol. The summed E-state index contributed by atoms with van der Waals surface area (Å²) in [5, 5.41) is 0. The van der Waals surface area contributed by atoms with Crippen molar-refractivity contribution in [3.8, 4) is 5.75 Å². The number of benzene rings is 1. The molecular formula is C9H10F2N2O3. The molecule has 4 N–H and O–H groups in total. The first-order valence-electron chi connectivity index (χ1n) is 4.17. The van der Waals surface area contributed by atoms with E-state index in [0.717, 1.165) is 13.2 Å². The SMILES string of the molecule is COC(=O)c1cc(N)c(N)c(OC(F)F)c1. The summed E-state index contributed by atoms with van der Waals surface area (Å²) in [6, 6.07) is 2.27. The van der Waals surface area contributed by atoms with Crippen LogP contribution in [0.5, 0.6) is 5.75 Å². The summed E-state index contributed by atoms with van der Waals surface area (Å²) in [7, 11) is 1.16. The molecule has 0 radical (unpaired) electrons. The molecule has 0 amide bonds. The fourth-order valence-corrected chi connectivity index (χ4v) is 1.08. The van der Waals surface area contributed by atoms with E-state index in [1.807, 2.05) is 0 Å². The Balaban J connectivity index is 3.16. The van der Waals surface area contributed by atoms with Crippen molar-refractivity contribution in [1.82, 2.24) is 0 Å². The van der Waals surface area contributed by atoms with E-state index in [1.54, 1.807) is 0 Å². The maximum Gasteiger partial charge on any atom is 0.387 e. The molecule has 5 nitrogen and oxygen atoms in total. The summed E-state index contributed by atoms with van der Waals surface area (Å²) in [5.41, 5.74) is 10.7. The van der Waals surface area contributed by atoms with E-state index >= 15 is 0 Å². The molecular weight excluding hydrogens is 222 g/mol. The number of methoxy groups -OCH3 is 1. The number of hydrogen-bond acceptors (Lipinski definition) is 5. The van der Waals surface area contributed by atoms with Gasteiger partial charge in [0.25, 0.3) is 0 Å². The Morgan fingerprint density at radius 1 is 1.38 bits per heavy atom. The number of anilines is 2. The fourth-order valence-electron chi connectivity index (χ4n) is 1.08. The van der Waals surface area contributed by atoms with Gasteiger partial charge in [-0.2, -0.15) is 8.78 Å². The summed E-state index contributed by atoms with van der Waals surface area (Å²) in [6.07, 6.45) is 0. The van der Waals surface area contributed by atoms with Crippen LogP contribution >= 0.6 is 0 Å². The Hall–Kier alpha value is -2.05. The number of halogens is 2. The molecule has 0 bridgehead atoms. The van der Waals surface area contributed by atoms with Crippen LogP contribution in [0, 0.1) is 0 Å².